The van der Waals surface area contributed by atoms with Gasteiger partial charge in [-0.3, -0.25) is 5.32 Å². The Morgan fingerprint density at radius 2 is 1.88 bits per heavy atom. The molecule has 2 aromatic carbocycles. The van der Waals surface area contributed by atoms with Crippen LogP contribution in [0.5, 0.6) is 0 Å². The van der Waals surface area contributed by atoms with Gasteiger partial charge in [0.05, 0.1) is 17.6 Å². The first-order valence-electron chi connectivity index (χ1n) is 8.25. The molecule has 4 rings (SSSR count). The van der Waals surface area contributed by atoms with Crippen molar-refractivity contribution in [1.29, 1.82) is 0 Å². The highest BCUT2D eigenvalue weighted by atomic mass is 19.1. The molecular weight excluding hydrogens is 333 g/mol. The molecule has 0 radical (unpaired) electrons. The number of hydrogen-bond acceptors (Lipinski definition) is 3. The summed E-state index contributed by atoms with van der Waals surface area (Å²) < 4.78 is 15.0. The largest absolute Gasteiger partial charge is 0.394 e. The molecule has 6 nitrogen and oxygen atoms in total. The second kappa shape index (κ2) is 6.18. The van der Waals surface area contributed by atoms with Crippen molar-refractivity contribution in [2.45, 2.75) is 20.0 Å². The molecule has 0 bridgehead atoms. The van der Waals surface area contributed by atoms with Crippen LogP contribution in [0.1, 0.15) is 16.7 Å². The van der Waals surface area contributed by atoms with Gasteiger partial charge in [-0.15, -0.1) is 5.10 Å². The van der Waals surface area contributed by atoms with E-state index in [0.717, 1.165) is 22.4 Å². The van der Waals surface area contributed by atoms with Crippen LogP contribution in [0.3, 0.4) is 0 Å². The second-order valence-corrected chi connectivity index (χ2v) is 6.41. The van der Waals surface area contributed by atoms with Gasteiger partial charge in [-0.05, 0) is 42.3 Å². The summed E-state index contributed by atoms with van der Waals surface area (Å²) in [7, 11) is 0. The van der Waals surface area contributed by atoms with E-state index in [1.807, 2.05) is 31.2 Å². The van der Waals surface area contributed by atoms with Gasteiger partial charge in [0.2, 0.25) is 0 Å². The van der Waals surface area contributed by atoms with Crippen molar-refractivity contribution in [3.63, 3.8) is 0 Å². The van der Waals surface area contributed by atoms with Crippen LogP contribution < -0.4 is 11.1 Å². The molecule has 2 amide bonds. The van der Waals surface area contributed by atoms with E-state index in [2.05, 4.69) is 10.4 Å². The summed E-state index contributed by atoms with van der Waals surface area (Å²) >= 11 is 0. The third kappa shape index (κ3) is 2.99. The molecule has 0 unspecified atom stereocenters. The summed E-state index contributed by atoms with van der Waals surface area (Å²) in [6.45, 7) is 2.80. The first-order chi connectivity index (χ1) is 12.5. The lowest BCUT2D eigenvalue weighted by Crippen LogP contribution is -2.30. The Balaban J connectivity index is 1.49. The Hall–Kier alpha value is -3.35. The minimum Gasteiger partial charge on any atom is -0.394 e. The Morgan fingerprint density at radius 1 is 1.15 bits per heavy atom. The molecule has 0 spiro atoms. The average Bonchev–Trinajstić information content (AvgIpc) is 3.19. The number of carbonyl (C=O) groups excluding carboxylic acids is 1. The first-order valence-corrected chi connectivity index (χ1v) is 8.25. The number of amides is 2. The molecule has 0 aliphatic carbocycles. The van der Waals surface area contributed by atoms with E-state index in [-0.39, 0.29) is 11.8 Å². The van der Waals surface area contributed by atoms with Gasteiger partial charge in [0, 0.05) is 13.1 Å². The molecular formula is C19H18FN5O. The Bertz CT molecular complexity index is 980. The number of hydrogen-bond donors (Lipinski definition) is 2. The van der Waals surface area contributed by atoms with Crippen molar-refractivity contribution in [3.8, 4) is 5.69 Å². The Morgan fingerprint density at radius 3 is 2.65 bits per heavy atom. The van der Waals surface area contributed by atoms with E-state index in [4.69, 9.17) is 5.73 Å². The quantitative estimate of drug-likeness (QED) is 0.742. The molecule has 3 N–H and O–H groups in total. The van der Waals surface area contributed by atoms with Crippen LogP contribution in [-0.4, -0.2) is 20.7 Å². The number of fused-ring (bicyclic) bond motifs is 1. The molecule has 3 aromatic rings. The zero-order valence-corrected chi connectivity index (χ0v) is 14.2. The summed E-state index contributed by atoms with van der Waals surface area (Å²) in [5.41, 5.74) is 10.1. The van der Waals surface area contributed by atoms with Crippen molar-refractivity contribution in [1.82, 2.24) is 14.7 Å². The molecule has 7 heteroatoms. The van der Waals surface area contributed by atoms with E-state index in [1.165, 1.54) is 12.1 Å². The molecule has 132 valence electrons. The minimum atomic E-state index is -0.317. The molecule has 0 saturated carbocycles. The predicted molar refractivity (Wildman–Crippen MR) is 97.4 cm³/mol. The SMILES string of the molecule is Cc1ccc(-n2cc(N)c(NC(=O)N3Cc4ccc(F)cc4C3)n2)cc1. The van der Waals surface area contributed by atoms with Crippen molar-refractivity contribution < 1.29 is 9.18 Å². The third-order valence-corrected chi connectivity index (χ3v) is 4.44. The van der Waals surface area contributed by atoms with Gasteiger partial charge in [-0.1, -0.05) is 23.8 Å². The van der Waals surface area contributed by atoms with Gasteiger partial charge in [-0.25, -0.2) is 13.9 Å². The van der Waals surface area contributed by atoms with E-state index in [1.54, 1.807) is 21.8 Å². The lowest BCUT2D eigenvalue weighted by atomic mass is 10.1. The van der Waals surface area contributed by atoms with Crippen molar-refractivity contribution in [2.75, 3.05) is 11.1 Å². The fourth-order valence-electron chi connectivity index (χ4n) is 3.00. The molecule has 2 heterocycles. The number of halogens is 1. The topological polar surface area (TPSA) is 76.2 Å². The van der Waals surface area contributed by atoms with Gasteiger partial charge < -0.3 is 10.6 Å². The highest BCUT2D eigenvalue weighted by Crippen LogP contribution is 2.25. The van der Waals surface area contributed by atoms with Gasteiger partial charge in [0.25, 0.3) is 0 Å². The number of nitrogens with zero attached hydrogens (tertiary/aromatic N) is 3. The highest BCUT2D eigenvalue weighted by Gasteiger charge is 2.24. The fraction of sp³-hybridized carbons (Fsp3) is 0.158. The Labute approximate surface area is 150 Å². The van der Waals surface area contributed by atoms with Crippen LogP contribution in [0.15, 0.2) is 48.7 Å². The summed E-state index contributed by atoms with van der Waals surface area (Å²) in [6, 6.07) is 12.1. The lowest BCUT2D eigenvalue weighted by Gasteiger charge is -2.15. The number of urea groups is 1. The molecule has 1 aliphatic heterocycles. The van der Waals surface area contributed by atoms with Crippen LogP contribution in [0.2, 0.25) is 0 Å². The number of aryl methyl sites for hydroxylation is 1. The maximum Gasteiger partial charge on any atom is 0.323 e. The average molecular weight is 351 g/mol. The minimum absolute atomic E-state index is 0.299. The summed E-state index contributed by atoms with van der Waals surface area (Å²) in [6.07, 6.45) is 1.66. The maximum absolute atomic E-state index is 13.3. The number of aromatic nitrogens is 2. The number of benzene rings is 2. The van der Waals surface area contributed by atoms with Crippen LogP contribution in [0.4, 0.5) is 20.7 Å². The van der Waals surface area contributed by atoms with Crippen LogP contribution in [-0.2, 0) is 13.1 Å². The zero-order chi connectivity index (χ0) is 18.3. The highest BCUT2D eigenvalue weighted by molar-refractivity contribution is 5.91. The monoisotopic (exact) mass is 351 g/mol. The maximum atomic E-state index is 13.3. The lowest BCUT2D eigenvalue weighted by molar-refractivity contribution is 0.212. The number of anilines is 2. The third-order valence-electron chi connectivity index (χ3n) is 4.44. The number of carbonyl (C=O) groups is 1. The van der Waals surface area contributed by atoms with Gasteiger partial charge in [0.1, 0.15) is 5.82 Å². The van der Waals surface area contributed by atoms with Crippen molar-refractivity contribution in [3.05, 3.63) is 71.2 Å². The first kappa shape index (κ1) is 16.1. The fourth-order valence-corrected chi connectivity index (χ4v) is 3.00. The molecule has 0 fully saturated rings. The van der Waals surface area contributed by atoms with E-state index in [9.17, 15) is 9.18 Å². The molecule has 0 saturated heterocycles. The van der Waals surface area contributed by atoms with Crippen LogP contribution in [0, 0.1) is 12.7 Å². The van der Waals surface area contributed by atoms with Crippen molar-refractivity contribution in [2.24, 2.45) is 0 Å². The predicted octanol–water partition coefficient (Wildman–Crippen LogP) is 3.45. The number of rotatable bonds is 2. The standard InChI is InChI=1S/C19H18FN5O/c1-12-2-6-16(7-3-12)25-11-17(21)18(23-25)22-19(26)24-9-13-4-5-15(20)8-14(13)10-24/h2-8,11H,9-10,21H2,1H3,(H,22,23,26). The number of nitrogens with two attached hydrogens (primary N) is 1. The normalized spacial score (nSPS) is 12.9. The molecule has 0 atom stereocenters. The van der Waals surface area contributed by atoms with Gasteiger partial charge in [-0.2, -0.15) is 0 Å². The smallest absolute Gasteiger partial charge is 0.323 e. The van der Waals surface area contributed by atoms with Crippen LogP contribution in [0.25, 0.3) is 5.69 Å². The van der Waals surface area contributed by atoms with Crippen molar-refractivity contribution >= 4 is 17.5 Å². The van der Waals surface area contributed by atoms with Gasteiger partial charge in [0.15, 0.2) is 5.82 Å². The molecule has 1 aromatic heterocycles. The molecule has 1 aliphatic rings. The second-order valence-electron chi connectivity index (χ2n) is 6.41. The summed E-state index contributed by atoms with van der Waals surface area (Å²) in [4.78, 5) is 14.1. The van der Waals surface area contributed by atoms with Gasteiger partial charge >= 0.3 is 6.03 Å². The summed E-state index contributed by atoms with van der Waals surface area (Å²) in [5.74, 6) is 0.00445. The molecule has 26 heavy (non-hydrogen) atoms. The number of nitrogen functional groups attached to an aromatic ring is 1. The Kier molecular flexibility index (Phi) is 3.84. The van der Waals surface area contributed by atoms with E-state index in [0.29, 0.717) is 24.6 Å². The number of nitrogens with one attached hydrogen (secondary N) is 1. The van der Waals surface area contributed by atoms with Crippen LogP contribution >= 0.6 is 0 Å². The van der Waals surface area contributed by atoms with E-state index >= 15 is 0 Å². The zero-order valence-electron chi connectivity index (χ0n) is 14.2. The van der Waals surface area contributed by atoms with E-state index < -0.39 is 0 Å². The summed E-state index contributed by atoms with van der Waals surface area (Å²) in [5, 5.41) is 7.10.